The van der Waals surface area contributed by atoms with Crippen molar-refractivity contribution in [2.24, 2.45) is 5.73 Å². The van der Waals surface area contributed by atoms with E-state index in [9.17, 15) is 0 Å². The average Bonchev–Trinajstić information content (AvgIpc) is 2.28. The molecule has 0 aromatic heterocycles. The van der Waals surface area contributed by atoms with Gasteiger partial charge in [-0.3, -0.25) is 0 Å². The lowest BCUT2D eigenvalue weighted by Gasteiger charge is -2.28. The monoisotopic (exact) mass is 234 g/mol. The Balaban J connectivity index is 2.71. The average molecular weight is 234 g/mol. The summed E-state index contributed by atoms with van der Waals surface area (Å²) in [5.41, 5.74) is 9.82. The molecule has 3 N–H and O–H groups in total. The molecule has 0 fully saturated rings. The highest BCUT2D eigenvalue weighted by Crippen LogP contribution is 2.26. The lowest BCUT2D eigenvalue weighted by molar-refractivity contribution is 0.465. The van der Waals surface area contributed by atoms with E-state index in [4.69, 9.17) is 5.73 Å². The second-order valence-electron chi connectivity index (χ2n) is 5.52. The second-order valence-corrected chi connectivity index (χ2v) is 5.52. The SMILES string of the molecule is Cc1ccc(C)c(C(C)(C)CNCCCN)c1. The predicted octanol–water partition coefficient (Wildman–Crippen LogP) is 2.52. The fraction of sp³-hybridized carbons (Fsp3) is 0.600. The van der Waals surface area contributed by atoms with Crippen LogP contribution in [0.2, 0.25) is 0 Å². The van der Waals surface area contributed by atoms with E-state index in [0.717, 1.165) is 26.1 Å². The zero-order valence-corrected chi connectivity index (χ0v) is 11.6. The highest BCUT2D eigenvalue weighted by molar-refractivity contribution is 5.36. The van der Waals surface area contributed by atoms with E-state index in [1.165, 1.54) is 16.7 Å². The summed E-state index contributed by atoms with van der Waals surface area (Å²) in [5, 5.41) is 3.49. The summed E-state index contributed by atoms with van der Waals surface area (Å²) >= 11 is 0. The zero-order valence-electron chi connectivity index (χ0n) is 11.6. The molecule has 1 aromatic carbocycles. The minimum atomic E-state index is 0.171. The summed E-state index contributed by atoms with van der Waals surface area (Å²) < 4.78 is 0. The van der Waals surface area contributed by atoms with Gasteiger partial charge in [0.2, 0.25) is 0 Å². The van der Waals surface area contributed by atoms with Crippen molar-refractivity contribution in [2.45, 2.75) is 39.5 Å². The fourth-order valence-electron chi connectivity index (χ4n) is 2.19. The van der Waals surface area contributed by atoms with Crippen LogP contribution in [-0.2, 0) is 5.41 Å². The third-order valence-electron chi connectivity index (χ3n) is 3.25. The van der Waals surface area contributed by atoms with Crippen LogP contribution < -0.4 is 11.1 Å². The first-order valence-corrected chi connectivity index (χ1v) is 6.46. The van der Waals surface area contributed by atoms with Gasteiger partial charge in [-0.05, 0) is 44.5 Å². The maximum atomic E-state index is 5.49. The zero-order chi connectivity index (χ0) is 12.9. The van der Waals surface area contributed by atoms with Crippen molar-refractivity contribution in [2.75, 3.05) is 19.6 Å². The first-order valence-electron chi connectivity index (χ1n) is 6.46. The molecule has 1 aromatic rings. The van der Waals surface area contributed by atoms with Crippen molar-refractivity contribution in [3.63, 3.8) is 0 Å². The first-order chi connectivity index (χ1) is 7.97. The van der Waals surface area contributed by atoms with Crippen LogP contribution in [-0.4, -0.2) is 19.6 Å². The van der Waals surface area contributed by atoms with E-state index in [1.807, 2.05) is 0 Å². The summed E-state index contributed by atoms with van der Waals surface area (Å²) in [4.78, 5) is 0. The largest absolute Gasteiger partial charge is 0.330 e. The van der Waals surface area contributed by atoms with Gasteiger partial charge in [0.05, 0.1) is 0 Å². The normalized spacial score (nSPS) is 11.8. The minimum absolute atomic E-state index is 0.171. The summed E-state index contributed by atoms with van der Waals surface area (Å²) in [6.07, 6.45) is 1.04. The molecular weight excluding hydrogens is 208 g/mol. The van der Waals surface area contributed by atoms with E-state index in [2.05, 4.69) is 51.2 Å². The molecule has 0 bridgehead atoms. The number of hydrogen-bond donors (Lipinski definition) is 2. The molecule has 2 heteroatoms. The molecule has 96 valence electrons. The maximum absolute atomic E-state index is 5.49. The summed E-state index contributed by atoms with van der Waals surface area (Å²) in [5.74, 6) is 0. The van der Waals surface area contributed by atoms with Gasteiger partial charge in [-0.15, -0.1) is 0 Å². The van der Waals surface area contributed by atoms with Crippen molar-refractivity contribution >= 4 is 0 Å². The smallest absolute Gasteiger partial charge is 0.00432 e. The molecule has 0 radical (unpaired) electrons. The van der Waals surface area contributed by atoms with Crippen molar-refractivity contribution < 1.29 is 0 Å². The molecule has 0 amide bonds. The molecule has 2 nitrogen and oxygen atoms in total. The van der Waals surface area contributed by atoms with Crippen molar-refractivity contribution in [1.29, 1.82) is 0 Å². The van der Waals surface area contributed by atoms with Crippen molar-refractivity contribution in [3.05, 3.63) is 34.9 Å². The molecule has 0 aliphatic heterocycles. The van der Waals surface area contributed by atoms with Crippen LogP contribution in [0, 0.1) is 13.8 Å². The quantitative estimate of drug-likeness (QED) is 0.742. The number of rotatable bonds is 6. The van der Waals surface area contributed by atoms with Crippen molar-refractivity contribution in [1.82, 2.24) is 5.32 Å². The van der Waals surface area contributed by atoms with Crippen LogP contribution in [0.1, 0.15) is 37.0 Å². The molecule has 0 aliphatic carbocycles. The van der Waals surface area contributed by atoms with Gasteiger partial charge in [0, 0.05) is 12.0 Å². The first kappa shape index (κ1) is 14.2. The Morgan fingerprint density at radius 2 is 1.94 bits per heavy atom. The molecule has 0 spiro atoms. The van der Waals surface area contributed by atoms with Crippen LogP contribution >= 0.6 is 0 Å². The number of nitrogens with two attached hydrogens (primary N) is 1. The molecule has 0 saturated heterocycles. The van der Waals surface area contributed by atoms with Gasteiger partial charge in [0.25, 0.3) is 0 Å². The van der Waals surface area contributed by atoms with Crippen LogP contribution in [0.3, 0.4) is 0 Å². The van der Waals surface area contributed by atoms with Gasteiger partial charge in [-0.1, -0.05) is 37.6 Å². The van der Waals surface area contributed by atoms with Gasteiger partial charge >= 0.3 is 0 Å². The lowest BCUT2D eigenvalue weighted by Crippen LogP contribution is -2.34. The summed E-state index contributed by atoms with van der Waals surface area (Å²) in [6.45, 7) is 11.7. The molecule has 0 saturated carbocycles. The Labute approximate surface area is 106 Å². The molecule has 0 unspecified atom stereocenters. The van der Waals surface area contributed by atoms with E-state index >= 15 is 0 Å². The maximum Gasteiger partial charge on any atom is 0.00432 e. The highest BCUT2D eigenvalue weighted by Gasteiger charge is 2.21. The lowest BCUT2D eigenvalue weighted by atomic mass is 9.81. The predicted molar refractivity (Wildman–Crippen MR) is 75.5 cm³/mol. The molecule has 0 aliphatic rings. The molecule has 1 rings (SSSR count). The number of aryl methyl sites for hydroxylation is 2. The van der Waals surface area contributed by atoms with E-state index in [1.54, 1.807) is 0 Å². The van der Waals surface area contributed by atoms with Crippen molar-refractivity contribution in [3.8, 4) is 0 Å². The van der Waals surface area contributed by atoms with Gasteiger partial charge < -0.3 is 11.1 Å². The molecule has 0 atom stereocenters. The topological polar surface area (TPSA) is 38.0 Å². The van der Waals surface area contributed by atoms with Crippen LogP contribution in [0.15, 0.2) is 18.2 Å². The van der Waals surface area contributed by atoms with Crippen LogP contribution in [0.25, 0.3) is 0 Å². The Bertz CT molecular complexity index is 356. The van der Waals surface area contributed by atoms with E-state index in [0.29, 0.717) is 0 Å². The summed E-state index contributed by atoms with van der Waals surface area (Å²) in [6, 6.07) is 6.70. The summed E-state index contributed by atoms with van der Waals surface area (Å²) in [7, 11) is 0. The Hall–Kier alpha value is -0.860. The number of benzene rings is 1. The molecular formula is C15H26N2. The Morgan fingerprint density at radius 3 is 2.59 bits per heavy atom. The fourth-order valence-corrected chi connectivity index (χ4v) is 2.19. The van der Waals surface area contributed by atoms with Gasteiger partial charge in [0.15, 0.2) is 0 Å². The van der Waals surface area contributed by atoms with E-state index in [-0.39, 0.29) is 5.41 Å². The molecule has 17 heavy (non-hydrogen) atoms. The second kappa shape index (κ2) is 6.18. The Morgan fingerprint density at radius 1 is 1.24 bits per heavy atom. The van der Waals surface area contributed by atoms with Crippen LogP contribution in [0.5, 0.6) is 0 Å². The van der Waals surface area contributed by atoms with Crippen LogP contribution in [0.4, 0.5) is 0 Å². The Kier molecular flexibility index (Phi) is 5.16. The standard InChI is InChI=1S/C15H26N2/c1-12-6-7-13(2)14(10-12)15(3,4)11-17-9-5-8-16/h6-7,10,17H,5,8-9,11,16H2,1-4H3. The van der Waals surface area contributed by atoms with Gasteiger partial charge in [0.1, 0.15) is 0 Å². The molecule has 0 heterocycles. The third-order valence-corrected chi connectivity index (χ3v) is 3.25. The number of nitrogens with one attached hydrogen (secondary N) is 1. The van der Waals surface area contributed by atoms with Gasteiger partial charge in [-0.25, -0.2) is 0 Å². The van der Waals surface area contributed by atoms with E-state index < -0.39 is 0 Å². The van der Waals surface area contributed by atoms with Gasteiger partial charge in [-0.2, -0.15) is 0 Å². The minimum Gasteiger partial charge on any atom is -0.330 e. The third kappa shape index (κ3) is 4.14. The highest BCUT2D eigenvalue weighted by atomic mass is 14.9. The number of hydrogen-bond acceptors (Lipinski definition) is 2.